The van der Waals surface area contributed by atoms with E-state index in [0.29, 0.717) is 24.2 Å². The Morgan fingerprint density at radius 3 is 2.77 bits per heavy atom. The summed E-state index contributed by atoms with van der Waals surface area (Å²) in [4.78, 5) is 12.2. The number of amides is 1. The summed E-state index contributed by atoms with van der Waals surface area (Å²) in [5.74, 6) is -0.423. The molecule has 0 atom stereocenters. The minimum absolute atomic E-state index is 0.0633. The van der Waals surface area contributed by atoms with E-state index in [2.05, 4.69) is 28.7 Å². The fourth-order valence-electron chi connectivity index (χ4n) is 2.83. The van der Waals surface area contributed by atoms with Gasteiger partial charge in [0.2, 0.25) is 5.91 Å². The SMILES string of the molecule is Cc1ccc(C)c(CNC(=O)CCc2conc2-c2ccccc2F)c1. The molecule has 0 aliphatic rings. The summed E-state index contributed by atoms with van der Waals surface area (Å²) in [7, 11) is 0. The number of nitrogens with one attached hydrogen (secondary N) is 1. The highest BCUT2D eigenvalue weighted by atomic mass is 19.1. The molecule has 26 heavy (non-hydrogen) atoms. The molecule has 0 unspecified atom stereocenters. The lowest BCUT2D eigenvalue weighted by molar-refractivity contribution is -0.121. The van der Waals surface area contributed by atoms with Gasteiger partial charge in [0.1, 0.15) is 17.8 Å². The average molecular weight is 352 g/mol. The number of nitrogens with zero attached hydrogens (tertiary/aromatic N) is 1. The van der Waals surface area contributed by atoms with Crippen molar-refractivity contribution >= 4 is 5.91 Å². The van der Waals surface area contributed by atoms with Crippen molar-refractivity contribution in [3.05, 3.63) is 76.8 Å². The van der Waals surface area contributed by atoms with Crippen LogP contribution in [0.5, 0.6) is 0 Å². The monoisotopic (exact) mass is 352 g/mol. The Balaban J connectivity index is 1.60. The van der Waals surface area contributed by atoms with Crippen LogP contribution in [-0.4, -0.2) is 11.1 Å². The minimum Gasteiger partial charge on any atom is -0.364 e. The first kappa shape index (κ1) is 17.9. The highest BCUT2D eigenvalue weighted by Gasteiger charge is 2.15. The number of aromatic nitrogens is 1. The van der Waals surface area contributed by atoms with Crippen molar-refractivity contribution in [1.29, 1.82) is 0 Å². The predicted octanol–water partition coefficient (Wildman–Crippen LogP) is 4.35. The van der Waals surface area contributed by atoms with E-state index >= 15 is 0 Å². The molecule has 134 valence electrons. The van der Waals surface area contributed by atoms with E-state index in [1.54, 1.807) is 18.2 Å². The third-order valence-corrected chi connectivity index (χ3v) is 4.37. The molecule has 0 aliphatic heterocycles. The molecule has 3 rings (SSSR count). The van der Waals surface area contributed by atoms with Crippen LogP contribution in [0.15, 0.2) is 53.3 Å². The highest BCUT2D eigenvalue weighted by molar-refractivity contribution is 5.76. The van der Waals surface area contributed by atoms with Gasteiger partial charge in [0.25, 0.3) is 0 Å². The Bertz CT molecular complexity index is 918. The highest BCUT2D eigenvalue weighted by Crippen LogP contribution is 2.25. The maximum atomic E-state index is 13.9. The quantitative estimate of drug-likeness (QED) is 0.718. The van der Waals surface area contributed by atoms with Crippen molar-refractivity contribution in [1.82, 2.24) is 10.5 Å². The van der Waals surface area contributed by atoms with Gasteiger partial charge in [-0.05, 0) is 43.5 Å². The number of hydrogen-bond donors (Lipinski definition) is 1. The van der Waals surface area contributed by atoms with Gasteiger partial charge in [-0.15, -0.1) is 0 Å². The summed E-state index contributed by atoms with van der Waals surface area (Å²) in [6.07, 6.45) is 2.19. The first-order chi connectivity index (χ1) is 12.5. The van der Waals surface area contributed by atoms with Crippen LogP contribution in [-0.2, 0) is 17.8 Å². The molecule has 1 amide bonds. The van der Waals surface area contributed by atoms with E-state index in [9.17, 15) is 9.18 Å². The molecule has 4 nitrogen and oxygen atoms in total. The van der Waals surface area contributed by atoms with E-state index in [0.717, 1.165) is 16.7 Å². The summed E-state index contributed by atoms with van der Waals surface area (Å²) in [5, 5.41) is 6.83. The lowest BCUT2D eigenvalue weighted by Gasteiger charge is -2.09. The van der Waals surface area contributed by atoms with Crippen LogP contribution in [0.4, 0.5) is 4.39 Å². The predicted molar refractivity (Wildman–Crippen MR) is 98.0 cm³/mol. The molecule has 1 heterocycles. The molecule has 0 spiro atoms. The molecule has 5 heteroatoms. The van der Waals surface area contributed by atoms with E-state index in [4.69, 9.17) is 4.52 Å². The van der Waals surface area contributed by atoms with Gasteiger partial charge in [-0.25, -0.2) is 4.39 Å². The smallest absolute Gasteiger partial charge is 0.220 e. The zero-order valence-corrected chi connectivity index (χ0v) is 14.9. The van der Waals surface area contributed by atoms with Gasteiger partial charge in [-0.1, -0.05) is 41.1 Å². The molecule has 3 aromatic rings. The lowest BCUT2D eigenvalue weighted by atomic mass is 10.0. The van der Waals surface area contributed by atoms with Crippen LogP contribution < -0.4 is 5.32 Å². The Hall–Kier alpha value is -2.95. The molecule has 1 aromatic heterocycles. The normalized spacial score (nSPS) is 10.7. The largest absolute Gasteiger partial charge is 0.364 e. The topological polar surface area (TPSA) is 55.1 Å². The van der Waals surface area contributed by atoms with Gasteiger partial charge in [-0.3, -0.25) is 4.79 Å². The molecule has 0 radical (unpaired) electrons. The maximum Gasteiger partial charge on any atom is 0.220 e. The second-order valence-electron chi connectivity index (χ2n) is 6.37. The number of halogens is 1. The third-order valence-electron chi connectivity index (χ3n) is 4.37. The summed E-state index contributed by atoms with van der Waals surface area (Å²) >= 11 is 0. The number of benzene rings is 2. The number of rotatable bonds is 6. The van der Waals surface area contributed by atoms with Gasteiger partial charge < -0.3 is 9.84 Å². The first-order valence-corrected chi connectivity index (χ1v) is 8.55. The van der Waals surface area contributed by atoms with Crippen LogP contribution in [0.2, 0.25) is 0 Å². The van der Waals surface area contributed by atoms with Crippen molar-refractivity contribution in [3.8, 4) is 11.3 Å². The molecule has 0 fully saturated rings. The zero-order valence-electron chi connectivity index (χ0n) is 14.9. The van der Waals surface area contributed by atoms with Crippen molar-refractivity contribution in [3.63, 3.8) is 0 Å². The second kappa shape index (κ2) is 7.95. The molecule has 0 bridgehead atoms. The van der Waals surface area contributed by atoms with Gasteiger partial charge in [-0.2, -0.15) is 0 Å². The van der Waals surface area contributed by atoms with Crippen LogP contribution >= 0.6 is 0 Å². The molecular formula is C21H21FN2O2. The number of carbonyl (C=O) groups is 1. The fraction of sp³-hybridized carbons (Fsp3) is 0.238. The summed E-state index contributed by atoms with van der Waals surface area (Å²) < 4.78 is 18.9. The van der Waals surface area contributed by atoms with Crippen LogP contribution in [0, 0.1) is 19.7 Å². The lowest BCUT2D eigenvalue weighted by Crippen LogP contribution is -2.23. The first-order valence-electron chi connectivity index (χ1n) is 8.55. The average Bonchev–Trinajstić information content (AvgIpc) is 3.09. The van der Waals surface area contributed by atoms with Crippen molar-refractivity contribution in [2.75, 3.05) is 0 Å². The molecule has 0 aliphatic carbocycles. The van der Waals surface area contributed by atoms with E-state index in [1.807, 2.05) is 13.8 Å². The molecule has 0 saturated heterocycles. The molecular weight excluding hydrogens is 331 g/mol. The number of hydrogen-bond acceptors (Lipinski definition) is 3. The van der Waals surface area contributed by atoms with Gasteiger partial charge in [0.05, 0.1) is 0 Å². The van der Waals surface area contributed by atoms with E-state index in [1.165, 1.54) is 17.9 Å². The van der Waals surface area contributed by atoms with Crippen LogP contribution in [0.25, 0.3) is 11.3 Å². The van der Waals surface area contributed by atoms with Crippen LogP contribution in [0.1, 0.15) is 28.7 Å². The standard InChI is InChI=1S/C21H21FN2O2/c1-14-7-8-15(2)17(11-14)12-23-20(25)10-9-16-13-26-24-21(16)18-5-3-4-6-19(18)22/h3-8,11,13H,9-10,12H2,1-2H3,(H,23,25). The Morgan fingerprint density at radius 2 is 1.96 bits per heavy atom. The van der Waals surface area contributed by atoms with E-state index in [-0.39, 0.29) is 18.1 Å². The summed E-state index contributed by atoms with van der Waals surface area (Å²) in [5.41, 5.74) is 4.97. The van der Waals surface area contributed by atoms with Crippen molar-refractivity contribution in [2.24, 2.45) is 0 Å². The number of carbonyl (C=O) groups excluding carboxylic acids is 1. The molecule has 1 N–H and O–H groups in total. The summed E-state index contributed by atoms with van der Waals surface area (Å²) in [6.45, 7) is 4.55. The fourth-order valence-corrected chi connectivity index (χ4v) is 2.83. The van der Waals surface area contributed by atoms with Gasteiger partial charge >= 0.3 is 0 Å². The van der Waals surface area contributed by atoms with Crippen LogP contribution in [0.3, 0.4) is 0 Å². The summed E-state index contributed by atoms with van der Waals surface area (Å²) in [6, 6.07) is 12.6. The number of aryl methyl sites for hydroxylation is 3. The Labute approximate surface area is 152 Å². The molecule has 2 aromatic carbocycles. The van der Waals surface area contributed by atoms with Crippen molar-refractivity contribution < 1.29 is 13.7 Å². The molecule has 0 saturated carbocycles. The Kier molecular flexibility index (Phi) is 5.46. The maximum absolute atomic E-state index is 13.9. The zero-order chi connectivity index (χ0) is 18.5. The Morgan fingerprint density at radius 1 is 1.15 bits per heavy atom. The van der Waals surface area contributed by atoms with E-state index < -0.39 is 0 Å². The third kappa shape index (κ3) is 4.17. The van der Waals surface area contributed by atoms with Gasteiger partial charge in [0, 0.05) is 24.1 Å². The van der Waals surface area contributed by atoms with Gasteiger partial charge in [0.15, 0.2) is 0 Å². The second-order valence-corrected chi connectivity index (χ2v) is 6.37. The van der Waals surface area contributed by atoms with Crippen molar-refractivity contribution in [2.45, 2.75) is 33.2 Å². The minimum atomic E-state index is -0.359.